The summed E-state index contributed by atoms with van der Waals surface area (Å²) in [6.07, 6.45) is -0.742. The minimum atomic E-state index is -0.742. The Morgan fingerprint density at radius 1 is 1.07 bits per heavy atom. The largest absolute Gasteiger partial charge is 0.497 e. The van der Waals surface area contributed by atoms with Gasteiger partial charge in [-0.15, -0.1) is 10.2 Å². The number of hydrogen-bond donors (Lipinski definition) is 0. The zero-order chi connectivity index (χ0) is 19.2. The highest BCUT2D eigenvalue weighted by Crippen LogP contribution is 2.24. The van der Waals surface area contributed by atoms with E-state index in [0.717, 1.165) is 0 Å². The summed E-state index contributed by atoms with van der Waals surface area (Å²) in [6.45, 7) is 1.29. The molecule has 27 heavy (non-hydrogen) atoms. The number of halogens is 1. The molecule has 0 N–H and O–H groups in total. The Balaban J connectivity index is 1.55. The van der Waals surface area contributed by atoms with Crippen LogP contribution in [0.3, 0.4) is 0 Å². The molecule has 8 heteroatoms. The minimum absolute atomic E-state index is 0.163. The van der Waals surface area contributed by atoms with E-state index >= 15 is 0 Å². The molecule has 0 saturated heterocycles. The molecule has 0 aliphatic rings. The van der Waals surface area contributed by atoms with Crippen molar-refractivity contribution in [2.24, 2.45) is 0 Å². The zero-order valence-electron chi connectivity index (χ0n) is 14.7. The van der Waals surface area contributed by atoms with Crippen LogP contribution < -0.4 is 9.47 Å². The summed E-state index contributed by atoms with van der Waals surface area (Å²) in [7, 11) is 1.58. The van der Waals surface area contributed by atoms with E-state index in [1.165, 1.54) is 24.3 Å². The number of hydrogen-bond acceptors (Lipinski definition) is 7. The first-order chi connectivity index (χ1) is 13.0. The third kappa shape index (κ3) is 4.81. The third-order valence-corrected chi connectivity index (χ3v) is 3.60. The van der Waals surface area contributed by atoms with Gasteiger partial charge in [-0.3, -0.25) is 0 Å². The molecule has 0 saturated carbocycles. The summed E-state index contributed by atoms with van der Waals surface area (Å²) in [5.74, 6) is 0.537. The Hall–Kier alpha value is -3.42. The second kappa shape index (κ2) is 8.31. The van der Waals surface area contributed by atoms with Gasteiger partial charge in [0.05, 0.1) is 7.11 Å². The Morgan fingerprint density at radius 2 is 1.74 bits per heavy atom. The van der Waals surface area contributed by atoms with Crippen LogP contribution in [-0.2, 0) is 9.53 Å². The molecule has 1 heterocycles. The predicted molar refractivity (Wildman–Crippen MR) is 92.7 cm³/mol. The number of rotatable bonds is 7. The molecule has 140 valence electrons. The summed E-state index contributed by atoms with van der Waals surface area (Å²) in [6, 6.07) is 12.4. The van der Waals surface area contributed by atoms with E-state index in [-0.39, 0.29) is 18.3 Å². The van der Waals surface area contributed by atoms with Crippen molar-refractivity contribution in [2.75, 3.05) is 13.7 Å². The van der Waals surface area contributed by atoms with Crippen molar-refractivity contribution in [1.29, 1.82) is 0 Å². The van der Waals surface area contributed by atoms with E-state index in [9.17, 15) is 9.18 Å². The number of nitrogens with zero attached hydrogens (tertiary/aromatic N) is 2. The van der Waals surface area contributed by atoms with Gasteiger partial charge in [0.15, 0.2) is 12.7 Å². The van der Waals surface area contributed by atoms with Gasteiger partial charge < -0.3 is 18.6 Å². The van der Waals surface area contributed by atoms with Crippen molar-refractivity contribution in [3.63, 3.8) is 0 Å². The zero-order valence-corrected chi connectivity index (χ0v) is 14.7. The molecule has 0 unspecified atom stereocenters. The van der Waals surface area contributed by atoms with E-state index in [1.54, 1.807) is 38.3 Å². The second-order valence-electron chi connectivity index (χ2n) is 5.55. The average Bonchev–Trinajstić information content (AvgIpc) is 3.18. The van der Waals surface area contributed by atoms with Crippen molar-refractivity contribution in [3.05, 3.63) is 60.2 Å². The summed E-state index contributed by atoms with van der Waals surface area (Å²) in [5.41, 5.74) is 0.715. The van der Waals surface area contributed by atoms with Gasteiger partial charge in [0.1, 0.15) is 17.3 Å². The molecule has 0 aliphatic carbocycles. The number of benzene rings is 2. The lowest BCUT2D eigenvalue weighted by atomic mass is 10.2. The van der Waals surface area contributed by atoms with Gasteiger partial charge in [-0.05, 0) is 55.5 Å². The third-order valence-electron chi connectivity index (χ3n) is 3.60. The van der Waals surface area contributed by atoms with Crippen molar-refractivity contribution in [3.8, 4) is 23.0 Å². The first-order valence-electron chi connectivity index (χ1n) is 8.11. The molecule has 7 nitrogen and oxygen atoms in total. The van der Waals surface area contributed by atoms with Gasteiger partial charge in [0.2, 0.25) is 5.89 Å². The molecule has 1 atom stereocenters. The first kappa shape index (κ1) is 18.4. The van der Waals surface area contributed by atoms with Crippen LogP contribution in [0.1, 0.15) is 18.9 Å². The Morgan fingerprint density at radius 3 is 2.41 bits per heavy atom. The quantitative estimate of drug-likeness (QED) is 0.586. The molecular formula is C19H17FN2O5. The lowest BCUT2D eigenvalue weighted by Crippen LogP contribution is -2.17. The predicted octanol–water partition coefficient (Wildman–Crippen LogP) is 3.57. The first-order valence-corrected chi connectivity index (χ1v) is 8.11. The van der Waals surface area contributed by atoms with Gasteiger partial charge in [-0.25, -0.2) is 9.18 Å². The summed E-state index contributed by atoms with van der Waals surface area (Å²) < 4.78 is 33.9. The van der Waals surface area contributed by atoms with Gasteiger partial charge in [-0.2, -0.15) is 0 Å². The highest BCUT2D eigenvalue weighted by molar-refractivity contribution is 5.71. The molecule has 0 radical (unpaired) electrons. The Bertz CT molecular complexity index is 893. The SMILES string of the molecule is COc1ccc(-c2nnc([C@@H](C)OC(=O)COc3ccc(F)cc3)o2)cc1. The minimum Gasteiger partial charge on any atom is -0.497 e. The fourth-order valence-electron chi connectivity index (χ4n) is 2.20. The monoisotopic (exact) mass is 372 g/mol. The topological polar surface area (TPSA) is 83.7 Å². The number of esters is 1. The van der Waals surface area contributed by atoms with Gasteiger partial charge in [-0.1, -0.05) is 0 Å². The maximum absolute atomic E-state index is 12.8. The van der Waals surface area contributed by atoms with Gasteiger partial charge in [0.25, 0.3) is 5.89 Å². The molecule has 2 aromatic carbocycles. The normalized spacial score (nSPS) is 11.7. The van der Waals surface area contributed by atoms with E-state index in [0.29, 0.717) is 23.0 Å². The van der Waals surface area contributed by atoms with E-state index in [2.05, 4.69) is 10.2 Å². The van der Waals surface area contributed by atoms with Crippen molar-refractivity contribution >= 4 is 5.97 Å². The smallest absolute Gasteiger partial charge is 0.344 e. The number of aromatic nitrogens is 2. The van der Waals surface area contributed by atoms with Crippen LogP contribution in [0.15, 0.2) is 52.9 Å². The molecule has 3 aromatic rings. The standard InChI is InChI=1S/C19H17FN2O5/c1-12(26-17(23)11-25-16-9-5-14(20)6-10-16)18-21-22-19(27-18)13-3-7-15(24-2)8-4-13/h3-10,12H,11H2,1-2H3/t12-/m1/s1. The number of methoxy groups -OCH3 is 1. The van der Waals surface area contributed by atoms with Crippen LogP contribution in [0, 0.1) is 5.82 Å². The summed E-state index contributed by atoms with van der Waals surface area (Å²) in [4.78, 5) is 11.9. The summed E-state index contributed by atoms with van der Waals surface area (Å²) >= 11 is 0. The van der Waals surface area contributed by atoms with Gasteiger partial charge >= 0.3 is 5.97 Å². The molecule has 0 aliphatic heterocycles. The highest BCUT2D eigenvalue weighted by atomic mass is 19.1. The molecule has 3 rings (SSSR count). The van der Waals surface area contributed by atoms with E-state index in [4.69, 9.17) is 18.6 Å². The fraction of sp³-hybridized carbons (Fsp3) is 0.211. The maximum Gasteiger partial charge on any atom is 0.344 e. The maximum atomic E-state index is 12.8. The Labute approximate surface area is 154 Å². The van der Waals surface area contributed by atoms with Crippen molar-refractivity contribution in [1.82, 2.24) is 10.2 Å². The van der Waals surface area contributed by atoms with Crippen molar-refractivity contribution in [2.45, 2.75) is 13.0 Å². The number of ether oxygens (including phenoxy) is 3. The molecule has 0 bridgehead atoms. The highest BCUT2D eigenvalue weighted by Gasteiger charge is 2.19. The molecule has 0 spiro atoms. The van der Waals surface area contributed by atoms with Crippen LogP contribution in [0.5, 0.6) is 11.5 Å². The molecule has 1 aromatic heterocycles. The van der Waals surface area contributed by atoms with Crippen LogP contribution >= 0.6 is 0 Å². The summed E-state index contributed by atoms with van der Waals surface area (Å²) in [5, 5.41) is 7.87. The van der Waals surface area contributed by atoms with E-state index < -0.39 is 12.1 Å². The van der Waals surface area contributed by atoms with Crippen LogP contribution in [0.25, 0.3) is 11.5 Å². The molecule has 0 fully saturated rings. The second-order valence-corrected chi connectivity index (χ2v) is 5.55. The molecule has 0 amide bonds. The van der Waals surface area contributed by atoms with Crippen LogP contribution in [0.4, 0.5) is 4.39 Å². The number of carbonyl (C=O) groups is 1. The molecular weight excluding hydrogens is 355 g/mol. The lowest BCUT2D eigenvalue weighted by Gasteiger charge is -2.10. The van der Waals surface area contributed by atoms with Gasteiger partial charge in [0, 0.05) is 5.56 Å². The fourth-order valence-corrected chi connectivity index (χ4v) is 2.20. The van der Waals surface area contributed by atoms with E-state index in [1.807, 2.05) is 0 Å². The number of carbonyl (C=O) groups excluding carboxylic acids is 1. The average molecular weight is 372 g/mol. The Kier molecular flexibility index (Phi) is 5.65. The van der Waals surface area contributed by atoms with Crippen LogP contribution in [0.2, 0.25) is 0 Å². The van der Waals surface area contributed by atoms with Crippen molar-refractivity contribution < 1.29 is 27.8 Å². The lowest BCUT2D eigenvalue weighted by molar-refractivity contribution is -0.152. The van der Waals surface area contributed by atoms with Crippen LogP contribution in [-0.4, -0.2) is 29.9 Å².